The summed E-state index contributed by atoms with van der Waals surface area (Å²) in [7, 11) is 0. The Bertz CT molecular complexity index is 661. The summed E-state index contributed by atoms with van der Waals surface area (Å²) in [4.78, 5) is 31.5. The molecule has 0 aliphatic carbocycles. The Balaban J connectivity index is 3.46. The molecule has 0 fully saturated rings. The van der Waals surface area contributed by atoms with Crippen LogP contribution in [0.25, 0.3) is 0 Å². The third-order valence-corrected chi connectivity index (χ3v) is 15.8. The van der Waals surface area contributed by atoms with E-state index < -0.39 is 22.4 Å². The number of nitrogens with zero attached hydrogens (tertiary/aromatic N) is 2. The summed E-state index contributed by atoms with van der Waals surface area (Å²) >= 11 is 11.9. The van der Waals surface area contributed by atoms with Crippen molar-refractivity contribution in [3.63, 3.8) is 0 Å². The number of hydrogen-bond acceptors (Lipinski definition) is 18. The molecular weight excluding hydrogens is 741 g/mol. The number of aliphatic hydroxyl groups excluding tert-OH is 2. The van der Waals surface area contributed by atoms with Crippen molar-refractivity contribution >= 4 is 162 Å². The molecule has 0 bridgehead atoms. The fourth-order valence-corrected chi connectivity index (χ4v) is 11.9. The van der Waals surface area contributed by atoms with Crippen LogP contribution in [-0.2, 0) is 22.4 Å². The molecule has 39 heavy (non-hydrogen) atoms. The van der Waals surface area contributed by atoms with Crippen molar-refractivity contribution in [2.24, 2.45) is 9.98 Å². The number of aliphatic imine (C=N–C) groups is 2. The molecule has 10 nitrogen and oxygen atoms in total. The zero-order valence-electron chi connectivity index (χ0n) is 20.7. The highest BCUT2D eigenvalue weighted by Gasteiger charge is 2.05. The second kappa shape index (κ2) is 33.2. The average molecular weight is 773 g/mol. The molecule has 22 heteroatoms. The largest absolute Gasteiger partial charge is 0.610 e. The maximum absolute atomic E-state index is 11.9. The van der Waals surface area contributed by atoms with Gasteiger partial charge in [-0.2, -0.15) is 0 Å². The molecule has 4 N–H and O–H groups in total. The van der Waals surface area contributed by atoms with E-state index in [1.807, 2.05) is 0 Å². The van der Waals surface area contributed by atoms with Gasteiger partial charge in [0.1, 0.15) is 0 Å². The van der Waals surface area contributed by atoms with Crippen LogP contribution in [-0.4, -0.2) is 112 Å². The lowest BCUT2D eigenvalue weighted by Crippen LogP contribution is -2.17. The van der Waals surface area contributed by atoms with Crippen molar-refractivity contribution in [1.82, 2.24) is 10.6 Å². The summed E-state index contributed by atoms with van der Waals surface area (Å²) in [5.74, 6) is 2.00. The summed E-state index contributed by atoms with van der Waals surface area (Å²) in [5.41, 5.74) is 2.87. The second-order valence-electron chi connectivity index (χ2n) is 5.82. The number of nitrogens with one attached hydrogen (secondary N) is 2. The minimum atomic E-state index is -1.16. The average Bonchev–Trinajstić information content (AvgIpc) is 2.92. The van der Waals surface area contributed by atoms with Gasteiger partial charge in [0.2, 0.25) is 11.1 Å². The topological polar surface area (TPSA) is 169 Å². The van der Waals surface area contributed by atoms with Gasteiger partial charge >= 0.3 is 0 Å². The number of hydrogen-bond donors (Lipinski definition) is 4. The first-order valence-corrected chi connectivity index (χ1v) is 24.4. The van der Waals surface area contributed by atoms with Gasteiger partial charge in [0, 0.05) is 42.7 Å². The molecule has 0 aromatic rings. The molecule has 2 amide bonds. The SMILES string of the molecule is O=C(NCSCSC/N=C/[S+]([O-])CSCSCSC(=O)NCSCSC/N=C/[S+]([O-])CSCO)SCSCO. The molecule has 0 heterocycles. The molecular formula is C17H32N4O6S12. The van der Waals surface area contributed by atoms with Gasteiger partial charge in [0.15, 0.2) is 10.2 Å². The Morgan fingerprint density at radius 3 is 1.62 bits per heavy atom. The van der Waals surface area contributed by atoms with Gasteiger partial charge in [-0.25, -0.2) is 9.98 Å². The molecule has 2 atom stereocenters. The van der Waals surface area contributed by atoms with E-state index >= 15 is 0 Å². The van der Waals surface area contributed by atoms with Gasteiger partial charge in [-0.3, -0.25) is 9.59 Å². The Kier molecular flexibility index (Phi) is 35.2. The number of carbonyl (C=O) groups is 2. The van der Waals surface area contributed by atoms with Crippen molar-refractivity contribution in [2.45, 2.75) is 0 Å². The quantitative estimate of drug-likeness (QED) is 0.0313. The van der Waals surface area contributed by atoms with E-state index in [0.717, 1.165) is 27.0 Å². The number of rotatable bonds is 26. The lowest BCUT2D eigenvalue weighted by molar-refractivity contribution is 0.261. The van der Waals surface area contributed by atoms with Gasteiger partial charge in [-0.15, -0.1) is 70.6 Å². The smallest absolute Gasteiger partial charge is 0.280 e. The van der Waals surface area contributed by atoms with Crippen LogP contribution in [0.15, 0.2) is 9.98 Å². The summed E-state index contributed by atoms with van der Waals surface area (Å²) in [6.45, 7) is 0. The van der Waals surface area contributed by atoms with Crippen molar-refractivity contribution in [3.05, 3.63) is 0 Å². The lowest BCUT2D eigenvalue weighted by Gasteiger charge is -2.06. The highest BCUT2D eigenvalue weighted by Crippen LogP contribution is 2.20. The number of aliphatic hydroxyl groups is 2. The van der Waals surface area contributed by atoms with Crippen LogP contribution in [0.1, 0.15) is 0 Å². The lowest BCUT2D eigenvalue weighted by atomic mass is 11.2. The van der Waals surface area contributed by atoms with E-state index in [9.17, 15) is 18.7 Å². The van der Waals surface area contributed by atoms with E-state index in [-0.39, 0.29) is 22.4 Å². The van der Waals surface area contributed by atoms with E-state index in [1.54, 1.807) is 70.6 Å². The number of carbonyl (C=O) groups excluding carboxylic acids is 2. The molecule has 2 unspecified atom stereocenters. The van der Waals surface area contributed by atoms with Crippen LogP contribution in [0.4, 0.5) is 9.59 Å². The van der Waals surface area contributed by atoms with Crippen molar-refractivity contribution in [2.75, 3.05) is 71.0 Å². The first kappa shape index (κ1) is 41.3. The van der Waals surface area contributed by atoms with Crippen LogP contribution in [0.2, 0.25) is 0 Å². The minimum absolute atomic E-state index is 0.00848. The molecule has 0 aliphatic heterocycles. The molecule has 228 valence electrons. The van der Waals surface area contributed by atoms with Crippen molar-refractivity contribution in [1.29, 1.82) is 0 Å². The zero-order valence-corrected chi connectivity index (χ0v) is 30.5. The van der Waals surface area contributed by atoms with Crippen molar-refractivity contribution < 1.29 is 28.9 Å². The van der Waals surface area contributed by atoms with Crippen LogP contribution < -0.4 is 10.6 Å². The van der Waals surface area contributed by atoms with Gasteiger partial charge in [-0.05, 0) is 0 Å². The van der Waals surface area contributed by atoms with Crippen LogP contribution in [0.5, 0.6) is 0 Å². The summed E-state index contributed by atoms with van der Waals surface area (Å²) in [5, 5.41) is 26.9. The number of thioether (sulfide) groups is 10. The van der Waals surface area contributed by atoms with Crippen LogP contribution in [0, 0.1) is 0 Å². The number of amides is 2. The van der Waals surface area contributed by atoms with E-state index in [4.69, 9.17) is 10.2 Å². The Morgan fingerprint density at radius 1 is 0.641 bits per heavy atom. The Hall–Kier alpha value is 2.32. The fourth-order valence-electron chi connectivity index (χ4n) is 1.55. The van der Waals surface area contributed by atoms with E-state index in [0.29, 0.717) is 43.8 Å². The first-order valence-electron chi connectivity index (χ1n) is 10.4. The summed E-state index contributed by atoms with van der Waals surface area (Å²) < 4.78 is 23.4. The molecule has 0 aromatic carbocycles. The summed E-state index contributed by atoms with van der Waals surface area (Å²) in [6.07, 6.45) is 0. The van der Waals surface area contributed by atoms with Crippen molar-refractivity contribution in [3.8, 4) is 0 Å². The Morgan fingerprint density at radius 2 is 1.10 bits per heavy atom. The molecule has 0 rings (SSSR count). The Labute approximate surface area is 279 Å². The first-order chi connectivity index (χ1) is 19.0. The van der Waals surface area contributed by atoms with Gasteiger partial charge < -0.3 is 30.0 Å². The fraction of sp³-hybridized carbons (Fsp3) is 0.765. The van der Waals surface area contributed by atoms with Gasteiger partial charge in [0.05, 0.1) is 40.5 Å². The van der Waals surface area contributed by atoms with Crippen LogP contribution in [0.3, 0.4) is 0 Å². The molecule has 0 radical (unpaired) electrons. The predicted molar refractivity (Wildman–Crippen MR) is 194 cm³/mol. The van der Waals surface area contributed by atoms with Crippen LogP contribution >= 0.6 is 118 Å². The molecule has 0 aromatic heterocycles. The zero-order chi connectivity index (χ0) is 28.8. The normalized spacial score (nSPS) is 13.2. The minimum Gasteiger partial charge on any atom is -0.610 e. The maximum Gasteiger partial charge on any atom is 0.280 e. The van der Waals surface area contributed by atoms with Gasteiger partial charge in [-0.1, -0.05) is 47.0 Å². The third kappa shape index (κ3) is 33.1. The highest BCUT2D eigenvalue weighted by atomic mass is 32.3. The molecule has 0 saturated carbocycles. The summed E-state index contributed by atoms with van der Waals surface area (Å²) in [6, 6.07) is 0. The molecule has 0 spiro atoms. The predicted octanol–water partition coefficient (Wildman–Crippen LogP) is 4.72. The van der Waals surface area contributed by atoms with E-state index in [2.05, 4.69) is 20.6 Å². The second-order valence-corrected chi connectivity index (χ2v) is 20.6. The van der Waals surface area contributed by atoms with E-state index in [1.165, 1.54) is 46.4 Å². The monoisotopic (exact) mass is 772 g/mol. The highest BCUT2D eigenvalue weighted by molar-refractivity contribution is 8.29. The molecule has 0 aliphatic rings. The standard InChI is InChI=1S/C17H32N4O6S12/c22-7-32-12-36-16(24)20-3-30-10-29-2-19-6-39(27)15-35-11-34-13-37-17(25)21-4-31-9-28-1-18-5-38(26)14-33-8-23/h5-6,22-23H,1-4,7-15H2,(H,20,24)(H,21,25)/b18-5+,19-6+. The maximum atomic E-state index is 11.9. The van der Waals surface area contributed by atoms with Gasteiger partial charge in [0.25, 0.3) is 10.5 Å². The molecule has 0 saturated heterocycles. The third-order valence-electron chi connectivity index (χ3n) is 2.98.